The van der Waals surface area contributed by atoms with Crippen molar-refractivity contribution in [3.8, 4) is 28.6 Å². The van der Waals surface area contributed by atoms with Crippen molar-refractivity contribution in [1.82, 2.24) is 19.8 Å². The quantitative estimate of drug-likeness (QED) is 0.605. The van der Waals surface area contributed by atoms with Crippen LogP contribution in [0.15, 0.2) is 42.7 Å². The molecular weight excluding hydrogens is 442 g/mol. The molecule has 1 unspecified atom stereocenters. The molecule has 0 spiro atoms. The summed E-state index contributed by atoms with van der Waals surface area (Å²) in [5, 5.41) is 12.1. The third-order valence-electron chi connectivity index (χ3n) is 6.09. The summed E-state index contributed by atoms with van der Waals surface area (Å²) in [7, 11) is 1.87. The Labute approximate surface area is 194 Å². The molecule has 0 aliphatic carbocycles. The molecule has 33 heavy (non-hydrogen) atoms. The van der Waals surface area contributed by atoms with Crippen LogP contribution in [0.2, 0.25) is 5.02 Å². The minimum Gasteiger partial charge on any atom is -0.333 e. The second kappa shape index (κ2) is 7.87. The lowest BCUT2D eigenvalue weighted by molar-refractivity contribution is -0.136. The van der Waals surface area contributed by atoms with Gasteiger partial charge < -0.3 is 9.47 Å². The molecule has 0 saturated carbocycles. The van der Waals surface area contributed by atoms with Gasteiger partial charge in [0, 0.05) is 36.7 Å². The van der Waals surface area contributed by atoms with E-state index >= 15 is 0 Å². The molecule has 1 aromatic heterocycles. The average molecular weight is 460 g/mol. The van der Waals surface area contributed by atoms with Crippen molar-refractivity contribution in [2.24, 2.45) is 7.05 Å². The third-order valence-corrected chi connectivity index (χ3v) is 6.42. The van der Waals surface area contributed by atoms with E-state index in [1.165, 1.54) is 4.90 Å². The number of nitrogens with zero attached hydrogens (tertiary/aromatic N) is 4. The normalized spacial score (nSPS) is 17.7. The Balaban J connectivity index is 1.51. The molecule has 3 amide bonds. The first kappa shape index (κ1) is 20.9. The molecule has 1 fully saturated rings. The van der Waals surface area contributed by atoms with E-state index in [0.717, 1.165) is 22.4 Å². The molecule has 1 atom stereocenters. The Kier molecular flexibility index (Phi) is 4.99. The molecule has 0 bridgehead atoms. The second-order valence-electron chi connectivity index (χ2n) is 8.13. The fraction of sp³-hybridized carbons (Fsp3) is 0.208. The summed E-state index contributed by atoms with van der Waals surface area (Å²) >= 11 is 6.10. The van der Waals surface area contributed by atoms with Gasteiger partial charge in [-0.2, -0.15) is 5.26 Å². The maximum absolute atomic E-state index is 13.0. The van der Waals surface area contributed by atoms with Crippen LogP contribution in [0.1, 0.15) is 34.3 Å². The molecule has 9 heteroatoms. The van der Waals surface area contributed by atoms with Crippen LogP contribution in [-0.2, 0) is 23.2 Å². The Morgan fingerprint density at radius 2 is 1.94 bits per heavy atom. The van der Waals surface area contributed by atoms with E-state index in [9.17, 15) is 19.6 Å². The summed E-state index contributed by atoms with van der Waals surface area (Å²) in [6, 6.07) is 12.2. The Morgan fingerprint density at radius 1 is 1.15 bits per heavy atom. The third kappa shape index (κ3) is 3.47. The predicted octanol–water partition coefficient (Wildman–Crippen LogP) is 3.04. The topological polar surface area (TPSA) is 108 Å². The first-order valence-corrected chi connectivity index (χ1v) is 10.7. The molecule has 3 aromatic rings. The van der Waals surface area contributed by atoms with Gasteiger partial charge in [0.2, 0.25) is 11.8 Å². The highest BCUT2D eigenvalue weighted by Crippen LogP contribution is 2.35. The summed E-state index contributed by atoms with van der Waals surface area (Å²) in [6.07, 6.45) is 2.23. The molecule has 8 nitrogen and oxygen atoms in total. The van der Waals surface area contributed by atoms with E-state index in [2.05, 4.69) is 16.4 Å². The molecule has 2 aliphatic rings. The Bertz CT molecular complexity index is 1390. The number of hydrogen-bond acceptors (Lipinski definition) is 5. The molecule has 0 radical (unpaired) electrons. The molecule has 2 aliphatic heterocycles. The number of halogens is 1. The zero-order valence-corrected chi connectivity index (χ0v) is 18.4. The van der Waals surface area contributed by atoms with Crippen molar-refractivity contribution >= 4 is 29.3 Å². The number of carbonyl (C=O) groups is 3. The van der Waals surface area contributed by atoms with Gasteiger partial charge in [-0.25, -0.2) is 4.98 Å². The van der Waals surface area contributed by atoms with E-state index < -0.39 is 11.9 Å². The largest absolute Gasteiger partial charge is 0.333 e. The van der Waals surface area contributed by atoms with Gasteiger partial charge in [0.15, 0.2) is 0 Å². The summed E-state index contributed by atoms with van der Waals surface area (Å²) in [5.41, 5.74) is 4.85. The Hall–Kier alpha value is -3.96. The number of fused-ring (bicyclic) bond motifs is 1. The zero-order chi connectivity index (χ0) is 23.3. The van der Waals surface area contributed by atoms with Crippen molar-refractivity contribution in [2.75, 3.05) is 0 Å². The van der Waals surface area contributed by atoms with Gasteiger partial charge in [-0.1, -0.05) is 23.7 Å². The van der Waals surface area contributed by atoms with Crippen molar-refractivity contribution in [2.45, 2.75) is 25.4 Å². The first-order valence-electron chi connectivity index (χ1n) is 10.4. The van der Waals surface area contributed by atoms with Crippen LogP contribution < -0.4 is 5.32 Å². The predicted molar refractivity (Wildman–Crippen MR) is 120 cm³/mol. The highest BCUT2D eigenvalue weighted by Gasteiger charge is 2.39. The highest BCUT2D eigenvalue weighted by molar-refractivity contribution is 6.31. The van der Waals surface area contributed by atoms with Crippen LogP contribution in [0, 0.1) is 11.3 Å². The number of aromatic nitrogens is 2. The number of hydrogen-bond donors (Lipinski definition) is 1. The lowest BCUT2D eigenvalue weighted by Gasteiger charge is -2.29. The molecule has 5 rings (SSSR count). The van der Waals surface area contributed by atoms with Crippen LogP contribution in [0.3, 0.4) is 0 Å². The van der Waals surface area contributed by atoms with Crippen molar-refractivity contribution in [1.29, 1.82) is 5.26 Å². The smallest absolute Gasteiger partial charge is 0.255 e. The zero-order valence-electron chi connectivity index (χ0n) is 17.6. The van der Waals surface area contributed by atoms with Crippen molar-refractivity contribution < 1.29 is 14.4 Å². The first-order chi connectivity index (χ1) is 15.9. The van der Waals surface area contributed by atoms with Crippen LogP contribution in [0.4, 0.5) is 0 Å². The monoisotopic (exact) mass is 459 g/mol. The van der Waals surface area contributed by atoms with Gasteiger partial charge in [0.05, 0.1) is 28.3 Å². The molecular formula is C24H18ClN5O3. The SMILES string of the molecule is Cn1cnc(-c2ccc3c(c2)CN(C2CCC(=O)NC2=O)C3=O)c1-c1ccc(Cl)c(C#N)c1. The van der Waals surface area contributed by atoms with Crippen LogP contribution in [0.25, 0.3) is 22.5 Å². The maximum Gasteiger partial charge on any atom is 0.255 e. The number of carbonyl (C=O) groups excluding carboxylic acids is 3. The number of amides is 3. The van der Waals surface area contributed by atoms with Gasteiger partial charge in [0.1, 0.15) is 12.1 Å². The fourth-order valence-electron chi connectivity index (χ4n) is 4.46. The Morgan fingerprint density at radius 3 is 2.70 bits per heavy atom. The van der Waals surface area contributed by atoms with Gasteiger partial charge >= 0.3 is 0 Å². The number of imide groups is 1. The van der Waals surface area contributed by atoms with Crippen LogP contribution >= 0.6 is 11.6 Å². The standard InChI is InChI=1S/C24H18ClN5O3/c1-29-12-27-21(22(29)14-3-5-18(25)15(9-14)10-26)13-2-4-17-16(8-13)11-30(24(17)33)19-6-7-20(31)28-23(19)32/h2-5,8-9,12,19H,6-7,11H2,1H3,(H,28,31,32). The number of benzene rings is 2. The lowest BCUT2D eigenvalue weighted by Crippen LogP contribution is -2.52. The number of nitrogens with one attached hydrogen (secondary N) is 1. The minimum atomic E-state index is -0.657. The van der Waals surface area contributed by atoms with E-state index in [1.54, 1.807) is 24.5 Å². The van der Waals surface area contributed by atoms with Gasteiger partial charge in [-0.15, -0.1) is 0 Å². The number of aryl methyl sites for hydroxylation is 1. The van der Waals surface area contributed by atoms with Gasteiger partial charge in [-0.05, 0) is 36.2 Å². The summed E-state index contributed by atoms with van der Waals surface area (Å²) in [4.78, 5) is 42.8. The van der Waals surface area contributed by atoms with Gasteiger partial charge in [-0.3, -0.25) is 19.7 Å². The molecule has 2 aromatic carbocycles. The fourth-order valence-corrected chi connectivity index (χ4v) is 4.62. The molecule has 164 valence electrons. The lowest BCUT2D eigenvalue weighted by atomic mass is 10.00. The van der Waals surface area contributed by atoms with Crippen molar-refractivity contribution in [3.05, 3.63) is 64.4 Å². The van der Waals surface area contributed by atoms with E-state index in [4.69, 9.17) is 11.6 Å². The summed E-state index contributed by atoms with van der Waals surface area (Å²) in [5.74, 6) is -0.966. The number of nitriles is 1. The summed E-state index contributed by atoms with van der Waals surface area (Å²) < 4.78 is 1.87. The molecule has 1 saturated heterocycles. The highest BCUT2D eigenvalue weighted by atomic mass is 35.5. The minimum absolute atomic E-state index is 0.213. The van der Waals surface area contributed by atoms with E-state index in [0.29, 0.717) is 28.3 Å². The summed E-state index contributed by atoms with van der Waals surface area (Å²) in [6.45, 7) is 0.288. The van der Waals surface area contributed by atoms with E-state index in [-0.39, 0.29) is 24.8 Å². The maximum atomic E-state index is 13.0. The van der Waals surface area contributed by atoms with Gasteiger partial charge in [0.25, 0.3) is 5.91 Å². The van der Waals surface area contributed by atoms with Crippen molar-refractivity contribution in [3.63, 3.8) is 0 Å². The van der Waals surface area contributed by atoms with E-state index in [1.807, 2.05) is 29.8 Å². The number of piperidine rings is 1. The number of imidazole rings is 1. The second-order valence-corrected chi connectivity index (χ2v) is 8.54. The number of rotatable bonds is 3. The van der Waals surface area contributed by atoms with Crippen LogP contribution in [0.5, 0.6) is 0 Å². The molecule has 1 N–H and O–H groups in total. The molecule has 3 heterocycles. The average Bonchev–Trinajstić information content (AvgIpc) is 3.34. The van der Waals surface area contributed by atoms with Crippen LogP contribution in [-0.4, -0.2) is 38.2 Å².